The molecule has 1 rings (SSSR count). The topological polar surface area (TPSA) is 71.1 Å². The molecule has 0 aromatic heterocycles. The van der Waals surface area contributed by atoms with Crippen LogP contribution in [-0.4, -0.2) is 45.2 Å². The van der Waals surface area contributed by atoms with Gasteiger partial charge in [-0.2, -0.15) is 0 Å². The zero-order valence-electron chi connectivity index (χ0n) is 20.5. The van der Waals surface area contributed by atoms with Crippen LogP contribution in [0.5, 0.6) is 0 Å². The standard InChI is InChI=1S/C24H44O6/c1-18(9-22(3,4)5)13-29-20(25)11-24(15-27-17-28-16-24)12-21(26)30-14-19(2)10-23(6,7)8/h18-19H,9-17H2,1-8H3/t18-,19-/m1/s1. The van der Waals surface area contributed by atoms with Gasteiger partial charge in [-0.3, -0.25) is 9.59 Å². The number of hydrogen-bond donors (Lipinski definition) is 0. The van der Waals surface area contributed by atoms with Gasteiger partial charge in [0.2, 0.25) is 0 Å². The van der Waals surface area contributed by atoms with Crippen molar-refractivity contribution in [1.82, 2.24) is 0 Å². The van der Waals surface area contributed by atoms with Gasteiger partial charge in [0.25, 0.3) is 0 Å². The zero-order chi connectivity index (χ0) is 23.0. The first-order chi connectivity index (χ1) is 13.7. The van der Waals surface area contributed by atoms with Gasteiger partial charge in [0.1, 0.15) is 6.79 Å². The van der Waals surface area contributed by atoms with Gasteiger partial charge in [0, 0.05) is 5.41 Å². The van der Waals surface area contributed by atoms with Gasteiger partial charge in [0.15, 0.2) is 0 Å². The molecule has 1 aliphatic heterocycles. The molecule has 0 N–H and O–H groups in total. The predicted octanol–water partition coefficient (Wildman–Crippen LogP) is 4.99. The lowest BCUT2D eigenvalue weighted by atomic mass is 9.82. The number of carbonyl (C=O) groups is 2. The van der Waals surface area contributed by atoms with Crippen molar-refractivity contribution in [2.24, 2.45) is 28.1 Å². The maximum atomic E-state index is 12.5. The van der Waals surface area contributed by atoms with Gasteiger partial charge in [-0.15, -0.1) is 0 Å². The lowest BCUT2D eigenvalue weighted by molar-refractivity contribution is -0.187. The molecule has 1 fully saturated rings. The van der Waals surface area contributed by atoms with Crippen LogP contribution >= 0.6 is 0 Å². The molecule has 1 heterocycles. The third kappa shape index (κ3) is 11.9. The van der Waals surface area contributed by atoms with Crippen molar-refractivity contribution in [2.75, 3.05) is 33.2 Å². The molecule has 1 saturated heterocycles. The summed E-state index contributed by atoms with van der Waals surface area (Å²) in [5, 5.41) is 0. The van der Waals surface area contributed by atoms with Gasteiger partial charge in [-0.05, 0) is 35.5 Å². The molecule has 0 aromatic carbocycles. The van der Waals surface area contributed by atoms with E-state index in [1.54, 1.807) is 0 Å². The Morgan fingerprint density at radius 3 is 1.50 bits per heavy atom. The molecular formula is C24H44O6. The SMILES string of the molecule is C[C@@H](COC(=O)CC1(CC(=O)OC[C@H](C)CC(C)(C)C)COCOC1)CC(C)(C)C. The molecule has 0 radical (unpaired) electrons. The average Bonchev–Trinajstić information content (AvgIpc) is 2.56. The molecule has 2 atom stereocenters. The summed E-state index contributed by atoms with van der Waals surface area (Å²) >= 11 is 0. The number of esters is 2. The van der Waals surface area contributed by atoms with Crippen LogP contribution in [0, 0.1) is 28.1 Å². The van der Waals surface area contributed by atoms with Crippen molar-refractivity contribution >= 4 is 11.9 Å². The molecule has 0 amide bonds. The highest BCUT2D eigenvalue weighted by Crippen LogP contribution is 2.32. The van der Waals surface area contributed by atoms with E-state index in [2.05, 4.69) is 55.4 Å². The number of ether oxygens (including phenoxy) is 4. The van der Waals surface area contributed by atoms with Crippen molar-refractivity contribution in [3.63, 3.8) is 0 Å². The molecule has 1 aliphatic rings. The van der Waals surface area contributed by atoms with Crippen molar-refractivity contribution in [2.45, 2.75) is 81.1 Å². The molecule has 0 saturated carbocycles. The van der Waals surface area contributed by atoms with E-state index in [0.717, 1.165) is 12.8 Å². The monoisotopic (exact) mass is 428 g/mol. The summed E-state index contributed by atoms with van der Waals surface area (Å²) in [6.45, 7) is 18.7. The molecule has 30 heavy (non-hydrogen) atoms. The molecule has 6 heteroatoms. The summed E-state index contributed by atoms with van der Waals surface area (Å²) in [5.74, 6) is -0.0893. The van der Waals surface area contributed by atoms with Crippen molar-refractivity contribution in [3.05, 3.63) is 0 Å². The quantitative estimate of drug-likeness (QED) is 0.457. The van der Waals surface area contributed by atoms with Crippen LogP contribution < -0.4 is 0 Å². The van der Waals surface area contributed by atoms with Crippen LogP contribution in [0.4, 0.5) is 0 Å². The summed E-state index contributed by atoms with van der Waals surface area (Å²) in [4.78, 5) is 25.0. The molecule has 0 bridgehead atoms. The molecule has 0 spiro atoms. The first kappa shape index (κ1) is 26.9. The van der Waals surface area contributed by atoms with E-state index in [1.807, 2.05) is 0 Å². The summed E-state index contributed by atoms with van der Waals surface area (Å²) in [5.41, 5.74) is -0.356. The number of hydrogen-bond acceptors (Lipinski definition) is 6. The molecule has 0 unspecified atom stereocenters. The Kier molecular flexibility index (Phi) is 10.3. The molecule has 6 nitrogen and oxygen atoms in total. The predicted molar refractivity (Wildman–Crippen MR) is 117 cm³/mol. The van der Waals surface area contributed by atoms with Gasteiger partial charge in [-0.1, -0.05) is 55.4 Å². The van der Waals surface area contributed by atoms with Crippen LogP contribution in [-0.2, 0) is 28.5 Å². The van der Waals surface area contributed by atoms with E-state index < -0.39 is 5.41 Å². The van der Waals surface area contributed by atoms with Gasteiger partial charge in [0.05, 0.1) is 39.3 Å². The van der Waals surface area contributed by atoms with Crippen LogP contribution in [0.3, 0.4) is 0 Å². The van der Waals surface area contributed by atoms with E-state index in [-0.39, 0.29) is 67.5 Å². The Balaban J connectivity index is 2.56. The first-order valence-corrected chi connectivity index (χ1v) is 11.2. The summed E-state index contributed by atoms with van der Waals surface area (Å²) < 4.78 is 21.9. The molecular weight excluding hydrogens is 384 g/mol. The van der Waals surface area contributed by atoms with E-state index >= 15 is 0 Å². The number of carbonyl (C=O) groups excluding carboxylic acids is 2. The van der Waals surface area contributed by atoms with Crippen molar-refractivity contribution in [3.8, 4) is 0 Å². The fourth-order valence-corrected chi connectivity index (χ4v) is 4.28. The van der Waals surface area contributed by atoms with Crippen LogP contribution in [0.2, 0.25) is 0 Å². The van der Waals surface area contributed by atoms with E-state index in [9.17, 15) is 9.59 Å². The largest absolute Gasteiger partial charge is 0.465 e. The van der Waals surface area contributed by atoms with Gasteiger partial charge in [-0.25, -0.2) is 0 Å². The summed E-state index contributed by atoms with van der Waals surface area (Å²) in [6.07, 6.45) is 2.11. The van der Waals surface area contributed by atoms with Gasteiger partial charge < -0.3 is 18.9 Å². The van der Waals surface area contributed by atoms with Crippen LogP contribution in [0.1, 0.15) is 81.1 Å². The summed E-state index contributed by atoms with van der Waals surface area (Å²) in [7, 11) is 0. The Morgan fingerprint density at radius 2 is 1.17 bits per heavy atom. The lowest BCUT2D eigenvalue weighted by Gasteiger charge is -2.35. The number of rotatable bonds is 10. The highest BCUT2D eigenvalue weighted by molar-refractivity contribution is 5.74. The second-order valence-electron chi connectivity index (χ2n) is 11.8. The second kappa shape index (κ2) is 11.5. The first-order valence-electron chi connectivity index (χ1n) is 11.2. The Morgan fingerprint density at radius 1 is 0.800 bits per heavy atom. The molecule has 0 aromatic rings. The van der Waals surface area contributed by atoms with Crippen molar-refractivity contribution < 1.29 is 28.5 Å². The smallest absolute Gasteiger partial charge is 0.306 e. The highest BCUT2D eigenvalue weighted by atomic mass is 16.7. The third-order valence-corrected chi connectivity index (χ3v) is 5.00. The highest BCUT2D eigenvalue weighted by Gasteiger charge is 2.40. The average molecular weight is 429 g/mol. The summed E-state index contributed by atoms with van der Waals surface area (Å²) in [6, 6.07) is 0. The Labute approximate surface area is 183 Å². The lowest BCUT2D eigenvalue weighted by Crippen LogP contribution is -2.42. The molecule has 176 valence electrons. The molecule has 0 aliphatic carbocycles. The van der Waals surface area contributed by atoms with E-state index in [0.29, 0.717) is 13.2 Å². The van der Waals surface area contributed by atoms with Crippen molar-refractivity contribution in [1.29, 1.82) is 0 Å². The Hall–Kier alpha value is -1.14. The second-order valence-corrected chi connectivity index (χ2v) is 11.8. The van der Waals surface area contributed by atoms with E-state index in [1.165, 1.54) is 0 Å². The normalized spacial score (nSPS) is 19.1. The minimum atomic E-state index is -0.729. The Bertz CT molecular complexity index is 495. The van der Waals surface area contributed by atoms with Gasteiger partial charge >= 0.3 is 11.9 Å². The minimum absolute atomic E-state index is 0.0852. The third-order valence-electron chi connectivity index (χ3n) is 5.00. The fourth-order valence-electron chi connectivity index (χ4n) is 4.28. The van der Waals surface area contributed by atoms with Crippen LogP contribution in [0.15, 0.2) is 0 Å². The van der Waals surface area contributed by atoms with E-state index in [4.69, 9.17) is 18.9 Å². The zero-order valence-corrected chi connectivity index (χ0v) is 20.5. The maximum Gasteiger partial charge on any atom is 0.306 e. The fraction of sp³-hybridized carbons (Fsp3) is 0.917. The maximum absolute atomic E-state index is 12.5. The minimum Gasteiger partial charge on any atom is -0.465 e. The van der Waals surface area contributed by atoms with Crippen LogP contribution in [0.25, 0.3) is 0 Å².